The first-order chi connectivity index (χ1) is 6.13. The van der Waals surface area contributed by atoms with Crippen LogP contribution in [0.15, 0.2) is 16.7 Å². The van der Waals surface area contributed by atoms with Crippen molar-refractivity contribution in [3.63, 3.8) is 0 Å². The fourth-order valence-electron chi connectivity index (χ4n) is 1.16. The molecule has 0 saturated heterocycles. The topological polar surface area (TPSA) is 23.8 Å². The number of nitrogens with one attached hydrogen (secondary N) is 1. The average molecular weight is 271 g/mol. The molecule has 1 aliphatic rings. The maximum Gasteiger partial charge on any atom is 4.00 e. The Bertz CT molecular complexity index is 251. The fraction of sp³-hybridized carbons (Fsp3) is 0.600. The van der Waals surface area contributed by atoms with Crippen LogP contribution in [0.3, 0.4) is 0 Å². The minimum absolute atomic E-state index is 0. The van der Waals surface area contributed by atoms with E-state index in [2.05, 4.69) is 33.8 Å². The largest absolute Gasteiger partial charge is 4.00 e. The molecule has 0 aliphatic heterocycles. The van der Waals surface area contributed by atoms with Crippen LogP contribution in [0.2, 0.25) is 0 Å². The molecule has 0 amide bonds. The molecule has 0 aromatic carbocycles. The second-order valence-electron chi connectivity index (χ2n) is 5.05. The van der Waals surface area contributed by atoms with Gasteiger partial charge in [0, 0.05) is 0 Å². The Balaban J connectivity index is -0.0000000948. The van der Waals surface area contributed by atoms with E-state index in [0.29, 0.717) is 5.92 Å². The summed E-state index contributed by atoms with van der Waals surface area (Å²) in [5.41, 5.74) is 10.9. The van der Waals surface area contributed by atoms with E-state index in [4.69, 9.17) is 5.73 Å². The second kappa shape index (κ2) is 10.1. The SMILES string of the molecule is CC(C)(C)[NH-].CC1=[C-]C(C)C(C)=C1C.[CH3-].[CH3-].[Ti+4]. The van der Waals surface area contributed by atoms with Crippen LogP contribution < -0.4 is 0 Å². The van der Waals surface area contributed by atoms with E-state index in [0.717, 1.165) is 0 Å². The van der Waals surface area contributed by atoms with Gasteiger partial charge in [-0.2, -0.15) is 11.1 Å². The first-order valence-corrected chi connectivity index (χ1v) is 5.15. The van der Waals surface area contributed by atoms with Gasteiger partial charge in [0.05, 0.1) is 0 Å². The zero-order valence-corrected chi connectivity index (χ0v) is 14.6. The van der Waals surface area contributed by atoms with E-state index < -0.39 is 0 Å². The van der Waals surface area contributed by atoms with Gasteiger partial charge in [-0.3, -0.25) is 6.08 Å². The van der Waals surface area contributed by atoms with E-state index in [1.54, 1.807) is 0 Å². The van der Waals surface area contributed by atoms with E-state index in [9.17, 15) is 0 Å². The van der Waals surface area contributed by atoms with E-state index in [-0.39, 0.29) is 42.1 Å². The van der Waals surface area contributed by atoms with Crippen LogP contribution in [-0.4, -0.2) is 5.54 Å². The van der Waals surface area contributed by atoms with Crippen molar-refractivity contribution in [2.45, 2.75) is 54.0 Å². The van der Waals surface area contributed by atoms with Crippen LogP contribution in [0.4, 0.5) is 0 Å². The van der Waals surface area contributed by atoms with Crippen LogP contribution in [0.5, 0.6) is 0 Å². The molecule has 1 aliphatic carbocycles. The predicted molar refractivity (Wildman–Crippen MR) is 76.9 cm³/mol. The van der Waals surface area contributed by atoms with Crippen molar-refractivity contribution in [3.8, 4) is 0 Å². The Hall–Kier alpha value is 0.154. The van der Waals surface area contributed by atoms with Gasteiger partial charge in [0.15, 0.2) is 0 Å². The Morgan fingerprint density at radius 1 is 1.06 bits per heavy atom. The molecule has 0 heterocycles. The van der Waals surface area contributed by atoms with Gasteiger partial charge in [0.25, 0.3) is 0 Å². The van der Waals surface area contributed by atoms with E-state index >= 15 is 0 Å². The van der Waals surface area contributed by atoms with Crippen LogP contribution in [0.1, 0.15) is 48.5 Å². The van der Waals surface area contributed by atoms with Crippen molar-refractivity contribution in [2.75, 3.05) is 0 Å². The van der Waals surface area contributed by atoms with Crippen LogP contribution in [0, 0.1) is 26.8 Å². The molecule has 0 radical (unpaired) electrons. The molecule has 0 fully saturated rings. The molecule has 0 aromatic rings. The molecule has 1 atom stereocenters. The monoisotopic (exact) mass is 271 g/mol. The molecule has 1 nitrogen and oxygen atoms in total. The van der Waals surface area contributed by atoms with Crippen LogP contribution in [-0.2, 0) is 21.7 Å². The molecular weight excluding hydrogens is 242 g/mol. The van der Waals surface area contributed by atoms with Gasteiger partial charge in [-0.25, -0.2) is 5.57 Å². The molecule has 17 heavy (non-hydrogen) atoms. The Morgan fingerprint density at radius 3 is 1.41 bits per heavy atom. The van der Waals surface area contributed by atoms with Crippen molar-refractivity contribution >= 4 is 0 Å². The summed E-state index contributed by atoms with van der Waals surface area (Å²) in [5, 5.41) is 0. The summed E-state index contributed by atoms with van der Waals surface area (Å²) in [4.78, 5) is 0. The molecule has 1 rings (SSSR count). The maximum absolute atomic E-state index is 6.94. The Labute approximate surface area is 125 Å². The summed E-state index contributed by atoms with van der Waals surface area (Å²) < 4.78 is 0. The molecule has 0 saturated carbocycles. The number of rotatable bonds is 0. The van der Waals surface area contributed by atoms with Gasteiger partial charge in [0.2, 0.25) is 0 Å². The van der Waals surface area contributed by atoms with Crippen molar-refractivity contribution in [1.82, 2.24) is 0 Å². The minimum Gasteiger partial charge on any atom is -0.673 e. The maximum atomic E-state index is 6.94. The zero-order chi connectivity index (χ0) is 11.5. The van der Waals surface area contributed by atoms with Crippen LogP contribution >= 0.6 is 0 Å². The number of hydrogen-bond acceptors (Lipinski definition) is 0. The van der Waals surface area contributed by atoms with E-state index in [1.807, 2.05) is 20.8 Å². The fourth-order valence-corrected chi connectivity index (χ4v) is 1.16. The van der Waals surface area contributed by atoms with Crippen molar-refractivity contribution in [2.24, 2.45) is 5.92 Å². The summed E-state index contributed by atoms with van der Waals surface area (Å²) >= 11 is 0. The quantitative estimate of drug-likeness (QED) is 0.413. The van der Waals surface area contributed by atoms with Gasteiger partial charge in [0.1, 0.15) is 0 Å². The Kier molecular flexibility index (Phi) is 15.4. The summed E-state index contributed by atoms with van der Waals surface area (Å²) in [6.07, 6.45) is 3.36. The molecule has 1 unspecified atom stereocenters. The molecular formula is C15H29NTi. The average Bonchev–Trinajstić information content (AvgIpc) is 2.14. The molecule has 0 spiro atoms. The Morgan fingerprint density at radius 2 is 1.35 bits per heavy atom. The molecule has 98 valence electrons. The standard InChI is InChI=1S/C9H13.C4H10N.2CH3.Ti/c1-6-5-7(2)9(4)8(6)3;1-4(2,3)5;;;/h6H,1-4H3;5H,1-3H3;2*1H3;/q4*-1;+4. The number of hydrogen-bond donors (Lipinski definition) is 0. The van der Waals surface area contributed by atoms with Gasteiger partial charge in [-0.1, -0.05) is 47.5 Å². The molecule has 1 N–H and O–H groups in total. The summed E-state index contributed by atoms with van der Waals surface area (Å²) in [6, 6.07) is 0. The first-order valence-electron chi connectivity index (χ1n) is 5.15. The normalized spacial score (nSPS) is 17.9. The molecule has 0 bridgehead atoms. The molecule has 0 aromatic heterocycles. The van der Waals surface area contributed by atoms with Crippen molar-refractivity contribution in [3.05, 3.63) is 43.4 Å². The zero-order valence-electron chi connectivity index (χ0n) is 13.1. The smallest absolute Gasteiger partial charge is 0.673 e. The summed E-state index contributed by atoms with van der Waals surface area (Å²) in [6.45, 7) is 14.2. The van der Waals surface area contributed by atoms with Crippen molar-refractivity contribution in [1.29, 1.82) is 0 Å². The number of allylic oxidation sites excluding steroid dienone is 4. The summed E-state index contributed by atoms with van der Waals surface area (Å²) in [5.74, 6) is 0.560. The third-order valence-electron chi connectivity index (χ3n) is 2.24. The van der Waals surface area contributed by atoms with E-state index in [1.165, 1.54) is 16.7 Å². The summed E-state index contributed by atoms with van der Waals surface area (Å²) in [7, 11) is 0. The predicted octanol–water partition coefficient (Wildman–Crippen LogP) is 5.46. The van der Waals surface area contributed by atoms with Gasteiger partial charge >= 0.3 is 21.7 Å². The second-order valence-corrected chi connectivity index (χ2v) is 5.05. The third kappa shape index (κ3) is 12.4. The van der Waals surface area contributed by atoms with Gasteiger partial charge < -0.3 is 20.6 Å². The van der Waals surface area contributed by atoms with Crippen LogP contribution in [0.25, 0.3) is 5.73 Å². The van der Waals surface area contributed by atoms with Crippen molar-refractivity contribution < 1.29 is 21.7 Å². The minimum atomic E-state index is -0.250. The van der Waals surface area contributed by atoms with Gasteiger partial charge in [-0.05, 0) is 0 Å². The first kappa shape index (κ1) is 25.9. The molecule has 2 heteroatoms. The third-order valence-corrected chi connectivity index (χ3v) is 2.24. The van der Waals surface area contributed by atoms with Gasteiger partial charge in [-0.15, -0.1) is 12.5 Å².